The van der Waals surface area contributed by atoms with Crippen LogP contribution in [-0.2, 0) is 6.42 Å². The highest BCUT2D eigenvalue weighted by Gasteiger charge is 2.08. The van der Waals surface area contributed by atoms with Gasteiger partial charge in [0.2, 0.25) is 5.89 Å². The molecule has 0 amide bonds. The SMILES string of the molecule is Clc1ccc(-c2nnc(SCCc3ccccc3)o2)cc1. The van der Waals surface area contributed by atoms with Gasteiger partial charge < -0.3 is 4.42 Å². The van der Waals surface area contributed by atoms with Gasteiger partial charge in [-0.15, -0.1) is 10.2 Å². The highest BCUT2D eigenvalue weighted by molar-refractivity contribution is 7.99. The molecule has 0 fully saturated rings. The molecule has 0 aliphatic rings. The van der Waals surface area contributed by atoms with Gasteiger partial charge in [0.15, 0.2) is 0 Å². The Morgan fingerprint density at radius 1 is 0.952 bits per heavy atom. The predicted octanol–water partition coefficient (Wildman–Crippen LogP) is 4.72. The summed E-state index contributed by atoms with van der Waals surface area (Å²) in [4.78, 5) is 0. The van der Waals surface area contributed by atoms with E-state index in [0.717, 1.165) is 17.7 Å². The van der Waals surface area contributed by atoms with Crippen molar-refractivity contribution in [2.75, 3.05) is 5.75 Å². The van der Waals surface area contributed by atoms with Crippen molar-refractivity contribution in [1.29, 1.82) is 0 Å². The third-order valence-corrected chi connectivity index (χ3v) is 4.03. The Morgan fingerprint density at radius 2 is 1.71 bits per heavy atom. The molecule has 21 heavy (non-hydrogen) atoms. The first-order chi connectivity index (χ1) is 10.3. The number of thioether (sulfide) groups is 1. The number of benzene rings is 2. The Bertz CT molecular complexity index is 698. The molecule has 3 nitrogen and oxygen atoms in total. The van der Waals surface area contributed by atoms with Crippen LogP contribution in [0.4, 0.5) is 0 Å². The summed E-state index contributed by atoms with van der Waals surface area (Å²) >= 11 is 7.43. The van der Waals surface area contributed by atoms with Gasteiger partial charge in [-0.3, -0.25) is 0 Å². The molecule has 0 radical (unpaired) electrons. The first-order valence-corrected chi connectivity index (χ1v) is 7.94. The summed E-state index contributed by atoms with van der Waals surface area (Å²) in [5.74, 6) is 1.43. The first-order valence-electron chi connectivity index (χ1n) is 6.57. The second-order valence-electron chi connectivity index (χ2n) is 4.46. The molecule has 5 heteroatoms. The van der Waals surface area contributed by atoms with E-state index in [-0.39, 0.29) is 0 Å². The summed E-state index contributed by atoms with van der Waals surface area (Å²) in [7, 11) is 0. The van der Waals surface area contributed by atoms with Crippen LogP contribution in [0.25, 0.3) is 11.5 Å². The van der Waals surface area contributed by atoms with E-state index < -0.39 is 0 Å². The van der Waals surface area contributed by atoms with E-state index in [2.05, 4.69) is 22.3 Å². The molecular weight excluding hydrogens is 304 g/mol. The summed E-state index contributed by atoms with van der Waals surface area (Å²) in [5.41, 5.74) is 2.18. The zero-order chi connectivity index (χ0) is 14.5. The van der Waals surface area contributed by atoms with Crippen molar-refractivity contribution in [3.8, 4) is 11.5 Å². The molecule has 2 aromatic carbocycles. The van der Waals surface area contributed by atoms with Crippen molar-refractivity contribution >= 4 is 23.4 Å². The molecule has 0 aliphatic carbocycles. The average Bonchev–Trinajstić information content (AvgIpc) is 2.98. The van der Waals surface area contributed by atoms with E-state index in [9.17, 15) is 0 Å². The lowest BCUT2D eigenvalue weighted by Crippen LogP contribution is -1.87. The van der Waals surface area contributed by atoms with Crippen molar-refractivity contribution in [3.63, 3.8) is 0 Å². The van der Waals surface area contributed by atoms with Crippen LogP contribution < -0.4 is 0 Å². The van der Waals surface area contributed by atoms with Crippen molar-refractivity contribution in [2.24, 2.45) is 0 Å². The minimum atomic E-state index is 0.522. The van der Waals surface area contributed by atoms with Gasteiger partial charge in [-0.1, -0.05) is 53.7 Å². The number of hydrogen-bond donors (Lipinski definition) is 0. The van der Waals surface area contributed by atoms with Gasteiger partial charge >= 0.3 is 0 Å². The van der Waals surface area contributed by atoms with E-state index in [4.69, 9.17) is 16.0 Å². The van der Waals surface area contributed by atoms with E-state index in [0.29, 0.717) is 16.1 Å². The molecule has 0 N–H and O–H groups in total. The van der Waals surface area contributed by atoms with Crippen LogP contribution in [0, 0.1) is 0 Å². The Balaban J connectivity index is 1.59. The molecule has 0 bridgehead atoms. The summed E-state index contributed by atoms with van der Waals surface area (Å²) in [6.45, 7) is 0. The topological polar surface area (TPSA) is 38.9 Å². The van der Waals surface area contributed by atoms with Gasteiger partial charge in [0, 0.05) is 16.3 Å². The molecule has 3 rings (SSSR count). The van der Waals surface area contributed by atoms with Gasteiger partial charge in [0.05, 0.1) is 0 Å². The second kappa shape index (κ2) is 6.78. The van der Waals surface area contributed by atoms with Gasteiger partial charge in [0.1, 0.15) is 0 Å². The molecule has 3 aromatic rings. The number of nitrogens with zero attached hydrogens (tertiary/aromatic N) is 2. The van der Waals surface area contributed by atoms with Crippen LogP contribution in [-0.4, -0.2) is 16.0 Å². The van der Waals surface area contributed by atoms with Crippen LogP contribution in [0.5, 0.6) is 0 Å². The Hall–Kier alpha value is -1.78. The molecule has 0 atom stereocenters. The Kier molecular flexibility index (Phi) is 4.58. The van der Waals surface area contributed by atoms with Crippen LogP contribution >= 0.6 is 23.4 Å². The summed E-state index contributed by atoms with van der Waals surface area (Å²) in [6.07, 6.45) is 0.976. The normalized spacial score (nSPS) is 10.7. The minimum Gasteiger partial charge on any atom is -0.411 e. The monoisotopic (exact) mass is 316 g/mol. The van der Waals surface area contributed by atoms with Gasteiger partial charge in [-0.05, 0) is 36.2 Å². The standard InChI is InChI=1S/C16H13ClN2OS/c17-14-8-6-13(7-9-14)15-18-19-16(20-15)21-11-10-12-4-2-1-3-5-12/h1-9H,10-11H2. The molecule has 0 unspecified atom stereocenters. The molecule has 0 saturated carbocycles. The molecule has 1 heterocycles. The fraction of sp³-hybridized carbons (Fsp3) is 0.125. The molecule has 106 valence electrons. The van der Waals surface area contributed by atoms with Crippen LogP contribution in [0.2, 0.25) is 5.02 Å². The maximum Gasteiger partial charge on any atom is 0.276 e. The third kappa shape index (κ3) is 3.86. The van der Waals surface area contributed by atoms with Crippen molar-refractivity contribution < 1.29 is 4.42 Å². The zero-order valence-electron chi connectivity index (χ0n) is 11.2. The number of hydrogen-bond acceptors (Lipinski definition) is 4. The molecular formula is C16H13ClN2OS. The van der Waals surface area contributed by atoms with Crippen LogP contribution in [0.3, 0.4) is 0 Å². The van der Waals surface area contributed by atoms with Gasteiger partial charge in [-0.25, -0.2) is 0 Å². The van der Waals surface area contributed by atoms with E-state index in [1.807, 2.05) is 42.5 Å². The average molecular weight is 317 g/mol. The maximum atomic E-state index is 5.86. The Labute approximate surface area is 132 Å². The van der Waals surface area contributed by atoms with E-state index in [1.165, 1.54) is 5.56 Å². The number of aromatic nitrogens is 2. The number of aryl methyl sites for hydroxylation is 1. The zero-order valence-corrected chi connectivity index (χ0v) is 12.8. The Morgan fingerprint density at radius 3 is 2.48 bits per heavy atom. The van der Waals surface area contributed by atoms with E-state index in [1.54, 1.807) is 11.8 Å². The van der Waals surface area contributed by atoms with E-state index >= 15 is 0 Å². The maximum absolute atomic E-state index is 5.86. The van der Waals surface area contributed by atoms with Gasteiger partial charge in [-0.2, -0.15) is 0 Å². The number of rotatable bonds is 5. The fourth-order valence-corrected chi connectivity index (χ4v) is 2.75. The smallest absolute Gasteiger partial charge is 0.276 e. The van der Waals surface area contributed by atoms with Crippen LogP contribution in [0.1, 0.15) is 5.56 Å². The predicted molar refractivity (Wildman–Crippen MR) is 85.6 cm³/mol. The highest BCUT2D eigenvalue weighted by atomic mass is 35.5. The quantitative estimate of drug-likeness (QED) is 0.638. The van der Waals surface area contributed by atoms with Crippen molar-refractivity contribution in [2.45, 2.75) is 11.6 Å². The molecule has 0 spiro atoms. The summed E-state index contributed by atoms with van der Waals surface area (Å²) in [6, 6.07) is 17.7. The first kappa shape index (κ1) is 14.2. The summed E-state index contributed by atoms with van der Waals surface area (Å²) in [5, 5.41) is 9.40. The number of halogens is 1. The molecule has 1 aromatic heterocycles. The van der Waals surface area contributed by atoms with Gasteiger partial charge in [0.25, 0.3) is 5.22 Å². The van der Waals surface area contributed by atoms with Crippen molar-refractivity contribution in [1.82, 2.24) is 10.2 Å². The lowest BCUT2D eigenvalue weighted by Gasteiger charge is -1.98. The van der Waals surface area contributed by atoms with Crippen molar-refractivity contribution in [3.05, 3.63) is 65.2 Å². The largest absolute Gasteiger partial charge is 0.411 e. The molecule has 0 saturated heterocycles. The second-order valence-corrected chi connectivity index (χ2v) is 5.95. The van der Waals surface area contributed by atoms with Crippen LogP contribution in [0.15, 0.2) is 64.2 Å². The lowest BCUT2D eigenvalue weighted by molar-refractivity contribution is 0.466. The molecule has 0 aliphatic heterocycles. The third-order valence-electron chi connectivity index (χ3n) is 2.96. The lowest BCUT2D eigenvalue weighted by atomic mass is 10.2. The summed E-state index contributed by atoms with van der Waals surface area (Å²) < 4.78 is 5.65. The minimum absolute atomic E-state index is 0.522. The highest BCUT2D eigenvalue weighted by Crippen LogP contribution is 2.24. The fourth-order valence-electron chi connectivity index (χ4n) is 1.88.